The van der Waals surface area contributed by atoms with E-state index in [9.17, 15) is 4.79 Å². The van der Waals surface area contributed by atoms with Gasteiger partial charge < -0.3 is 14.6 Å². The minimum Gasteiger partial charge on any atom is -0.441 e. The molecule has 5 heteroatoms. The second-order valence-corrected chi connectivity index (χ2v) is 4.83. The lowest BCUT2D eigenvalue weighted by molar-refractivity contribution is 0.0952. The van der Waals surface area contributed by atoms with Crippen molar-refractivity contribution in [3.05, 3.63) is 29.7 Å². The quantitative estimate of drug-likeness (QED) is 0.834. The van der Waals surface area contributed by atoms with Crippen molar-refractivity contribution in [3.63, 3.8) is 0 Å². The second kappa shape index (κ2) is 5.84. The van der Waals surface area contributed by atoms with Gasteiger partial charge in [-0.3, -0.25) is 4.79 Å². The van der Waals surface area contributed by atoms with Crippen LogP contribution in [-0.4, -0.2) is 43.0 Å². The average Bonchev–Trinajstić information content (AvgIpc) is 2.73. The zero-order chi connectivity index (χ0) is 13.8. The number of aryl methyl sites for hydroxylation is 1. The van der Waals surface area contributed by atoms with Crippen LogP contribution in [0.25, 0.3) is 11.1 Å². The van der Waals surface area contributed by atoms with E-state index in [0.29, 0.717) is 23.6 Å². The Hall–Kier alpha value is -1.88. The lowest BCUT2D eigenvalue weighted by atomic mass is 10.2. The van der Waals surface area contributed by atoms with Crippen LogP contribution in [0.15, 0.2) is 22.6 Å². The van der Waals surface area contributed by atoms with Crippen LogP contribution >= 0.6 is 0 Å². The van der Waals surface area contributed by atoms with Crippen molar-refractivity contribution in [2.24, 2.45) is 0 Å². The van der Waals surface area contributed by atoms with Gasteiger partial charge in [-0.05, 0) is 45.3 Å². The summed E-state index contributed by atoms with van der Waals surface area (Å²) in [6, 6.07) is 5.30. The van der Waals surface area contributed by atoms with E-state index < -0.39 is 0 Å². The second-order valence-electron chi connectivity index (χ2n) is 4.83. The third kappa shape index (κ3) is 3.54. The van der Waals surface area contributed by atoms with Gasteiger partial charge in [-0.15, -0.1) is 0 Å². The molecule has 0 bridgehead atoms. The SMILES string of the molecule is Cc1nc2cc(C(=O)NCCCN(C)C)ccc2o1. The fourth-order valence-corrected chi connectivity index (χ4v) is 1.88. The predicted molar refractivity (Wildman–Crippen MR) is 74.3 cm³/mol. The van der Waals surface area contributed by atoms with E-state index in [4.69, 9.17) is 4.42 Å². The Labute approximate surface area is 112 Å². The lowest BCUT2D eigenvalue weighted by Crippen LogP contribution is -2.27. The summed E-state index contributed by atoms with van der Waals surface area (Å²) in [5, 5.41) is 2.90. The zero-order valence-electron chi connectivity index (χ0n) is 11.6. The number of hydrogen-bond acceptors (Lipinski definition) is 4. The van der Waals surface area contributed by atoms with Crippen molar-refractivity contribution in [2.45, 2.75) is 13.3 Å². The van der Waals surface area contributed by atoms with E-state index in [2.05, 4.69) is 15.2 Å². The fourth-order valence-electron chi connectivity index (χ4n) is 1.88. The van der Waals surface area contributed by atoms with Gasteiger partial charge in [0.05, 0.1) is 0 Å². The topological polar surface area (TPSA) is 58.4 Å². The van der Waals surface area contributed by atoms with Crippen LogP contribution in [-0.2, 0) is 0 Å². The van der Waals surface area contributed by atoms with Gasteiger partial charge >= 0.3 is 0 Å². The molecule has 0 saturated carbocycles. The third-order valence-electron chi connectivity index (χ3n) is 2.82. The Kier molecular flexibility index (Phi) is 4.16. The number of fused-ring (bicyclic) bond motifs is 1. The number of amides is 1. The highest BCUT2D eigenvalue weighted by atomic mass is 16.3. The van der Waals surface area contributed by atoms with Crippen LogP contribution < -0.4 is 5.32 Å². The predicted octanol–water partition coefficient (Wildman–Crippen LogP) is 1.82. The number of oxazole rings is 1. The summed E-state index contributed by atoms with van der Waals surface area (Å²) in [5.41, 5.74) is 2.05. The number of aromatic nitrogens is 1. The largest absolute Gasteiger partial charge is 0.441 e. The molecule has 0 unspecified atom stereocenters. The summed E-state index contributed by atoms with van der Waals surface area (Å²) in [7, 11) is 4.03. The number of nitrogens with zero attached hydrogens (tertiary/aromatic N) is 2. The van der Waals surface area contributed by atoms with Gasteiger partial charge in [-0.2, -0.15) is 0 Å². The molecule has 102 valence electrons. The number of rotatable bonds is 5. The van der Waals surface area contributed by atoms with Crippen LogP contribution in [0, 0.1) is 6.92 Å². The molecule has 19 heavy (non-hydrogen) atoms. The first-order valence-corrected chi connectivity index (χ1v) is 6.36. The first-order chi connectivity index (χ1) is 9.06. The van der Waals surface area contributed by atoms with Crippen LogP contribution in [0.4, 0.5) is 0 Å². The Balaban J connectivity index is 1.97. The van der Waals surface area contributed by atoms with Crippen molar-refractivity contribution in [1.29, 1.82) is 0 Å². The highest BCUT2D eigenvalue weighted by Crippen LogP contribution is 2.16. The first kappa shape index (κ1) is 13.5. The van der Waals surface area contributed by atoms with Crippen molar-refractivity contribution >= 4 is 17.0 Å². The molecule has 2 aromatic rings. The van der Waals surface area contributed by atoms with Crippen LogP contribution in [0.5, 0.6) is 0 Å². The van der Waals surface area contributed by atoms with Gasteiger partial charge in [0.25, 0.3) is 5.91 Å². The highest BCUT2D eigenvalue weighted by molar-refractivity contribution is 5.97. The molecule has 5 nitrogen and oxygen atoms in total. The molecule has 1 aromatic carbocycles. The minimum absolute atomic E-state index is 0.0682. The molecular weight excluding hydrogens is 242 g/mol. The Bertz CT molecular complexity index is 575. The fraction of sp³-hybridized carbons (Fsp3) is 0.429. The third-order valence-corrected chi connectivity index (χ3v) is 2.82. The Morgan fingerprint density at radius 2 is 2.21 bits per heavy atom. The molecule has 1 heterocycles. The summed E-state index contributed by atoms with van der Waals surface area (Å²) in [5.74, 6) is 0.542. The Morgan fingerprint density at radius 1 is 1.42 bits per heavy atom. The minimum atomic E-state index is -0.0682. The van der Waals surface area contributed by atoms with Gasteiger partial charge in [-0.1, -0.05) is 0 Å². The molecule has 1 aromatic heterocycles. The molecule has 0 aliphatic rings. The summed E-state index contributed by atoms with van der Waals surface area (Å²) < 4.78 is 5.38. The van der Waals surface area contributed by atoms with Crippen LogP contribution in [0.2, 0.25) is 0 Å². The summed E-state index contributed by atoms with van der Waals surface area (Å²) >= 11 is 0. The van der Waals surface area contributed by atoms with Crippen LogP contribution in [0.3, 0.4) is 0 Å². The molecule has 0 saturated heterocycles. The summed E-state index contributed by atoms with van der Waals surface area (Å²) in [6.07, 6.45) is 0.935. The Morgan fingerprint density at radius 3 is 2.95 bits per heavy atom. The maximum absolute atomic E-state index is 12.0. The first-order valence-electron chi connectivity index (χ1n) is 6.36. The van der Waals surface area contributed by atoms with E-state index >= 15 is 0 Å². The number of nitrogens with one attached hydrogen (secondary N) is 1. The molecule has 0 atom stereocenters. The molecular formula is C14H19N3O2. The summed E-state index contributed by atoms with van der Waals surface area (Å²) in [6.45, 7) is 3.43. The molecule has 1 amide bonds. The average molecular weight is 261 g/mol. The molecule has 0 fully saturated rings. The van der Waals surface area contributed by atoms with E-state index in [1.54, 1.807) is 25.1 Å². The van der Waals surface area contributed by atoms with Crippen molar-refractivity contribution in [3.8, 4) is 0 Å². The van der Waals surface area contributed by atoms with Crippen molar-refractivity contribution in [1.82, 2.24) is 15.2 Å². The molecule has 0 radical (unpaired) electrons. The van der Waals surface area contributed by atoms with Crippen molar-refractivity contribution in [2.75, 3.05) is 27.2 Å². The monoisotopic (exact) mass is 261 g/mol. The zero-order valence-corrected chi connectivity index (χ0v) is 11.6. The number of hydrogen-bond donors (Lipinski definition) is 1. The van der Waals surface area contributed by atoms with Gasteiger partial charge in [0.2, 0.25) is 0 Å². The van der Waals surface area contributed by atoms with E-state index in [0.717, 1.165) is 18.5 Å². The van der Waals surface area contributed by atoms with Gasteiger partial charge in [-0.25, -0.2) is 4.98 Å². The maximum Gasteiger partial charge on any atom is 0.251 e. The van der Waals surface area contributed by atoms with Gasteiger partial charge in [0.1, 0.15) is 5.52 Å². The van der Waals surface area contributed by atoms with Gasteiger partial charge in [0.15, 0.2) is 11.5 Å². The summed E-state index contributed by atoms with van der Waals surface area (Å²) in [4.78, 5) is 18.3. The maximum atomic E-state index is 12.0. The standard InChI is InChI=1S/C14H19N3O2/c1-10-16-12-9-11(5-6-13(12)19-10)14(18)15-7-4-8-17(2)3/h5-6,9H,4,7-8H2,1-3H3,(H,15,18). The van der Waals surface area contributed by atoms with Crippen LogP contribution in [0.1, 0.15) is 22.7 Å². The lowest BCUT2D eigenvalue weighted by Gasteiger charge is -2.09. The number of carbonyl (C=O) groups is 1. The van der Waals surface area contributed by atoms with E-state index in [-0.39, 0.29) is 5.91 Å². The smallest absolute Gasteiger partial charge is 0.251 e. The molecule has 2 rings (SSSR count). The number of benzene rings is 1. The molecule has 1 N–H and O–H groups in total. The van der Waals surface area contributed by atoms with E-state index in [1.165, 1.54) is 0 Å². The highest BCUT2D eigenvalue weighted by Gasteiger charge is 2.08. The number of carbonyl (C=O) groups excluding carboxylic acids is 1. The van der Waals surface area contributed by atoms with Crippen molar-refractivity contribution < 1.29 is 9.21 Å². The van der Waals surface area contributed by atoms with E-state index in [1.807, 2.05) is 14.1 Å². The van der Waals surface area contributed by atoms with Gasteiger partial charge in [0, 0.05) is 19.0 Å². The normalized spacial score (nSPS) is 11.2. The molecule has 0 aliphatic carbocycles. The molecule has 0 aliphatic heterocycles. The molecule has 0 spiro atoms.